The van der Waals surface area contributed by atoms with E-state index in [0.717, 1.165) is 8.95 Å². The van der Waals surface area contributed by atoms with Gasteiger partial charge in [0.2, 0.25) is 0 Å². The van der Waals surface area contributed by atoms with Crippen LogP contribution in [0.25, 0.3) is 0 Å². The van der Waals surface area contributed by atoms with E-state index in [0.29, 0.717) is 12.0 Å². The van der Waals surface area contributed by atoms with Crippen molar-refractivity contribution in [1.29, 1.82) is 0 Å². The maximum Gasteiger partial charge on any atom is 0.126 e. The zero-order valence-corrected chi connectivity index (χ0v) is 16.1. The zero-order valence-electron chi connectivity index (χ0n) is 10.8. The molecule has 0 aliphatic heterocycles. The molecule has 2 aromatic rings. The largest absolute Gasteiger partial charge is 0.313 e. The summed E-state index contributed by atoms with van der Waals surface area (Å²) < 4.78 is 17.0. The first-order valence-electron chi connectivity index (χ1n) is 6.07. The standard InChI is InChI=1S/C15H13Br2FIN/c1-20-15(12-8-11(17)3-5-14(12)19)7-9-6-10(16)2-4-13(9)18/h2-6,8,15,20H,7H2,1H3. The lowest BCUT2D eigenvalue weighted by atomic mass is 9.99. The molecular formula is C15H13Br2FIN. The molecule has 2 aromatic carbocycles. The highest BCUT2D eigenvalue weighted by atomic mass is 127. The zero-order chi connectivity index (χ0) is 14.7. The first-order valence-corrected chi connectivity index (χ1v) is 8.74. The minimum absolute atomic E-state index is 0.0724. The summed E-state index contributed by atoms with van der Waals surface area (Å²) in [6.07, 6.45) is 0.605. The lowest BCUT2D eigenvalue weighted by molar-refractivity contribution is 0.552. The third kappa shape index (κ3) is 4.02. The highest BCUT2D eigenvalue weighted by molar-refractivity contribution is 14.1. The second-order valence-electron chi connectivity index (χ2n) is 4.45. The van der Waals surface area contributed by atoms with E-state index >= 15 is 0 Å². The molecule has 1 nitrogen and oxygen atoms in total. The van der Waals surface area contributed by atoms with Gasteiger partial charge in [0.05, 0.1) is 0 Å². The fraction of sp³-hybridized carbons (Fsp3) is 0.200. The summed E-state index contributed by atoms with van der Waals surface area (Å²) in [6.45, 7) is 0. The van der Waals surface area contributed by atoms with Crippen molar-refractivity contribution in [2.24, 2.45) is 0 Å². The van der Waals surface area contributed by atoms with Crippen molar-refractivity contribution < 1.29 is 4.39 Å². The van der Waals surface area contributed by atoms with E-state index in [1.807, 2.05) is 19.2 Å². The van der Waals surface area contributed by atoms with Gasteiger partial charge in [0.25, 0.3) is 0 Å². The van der Waals surface area contributed by atoms with Crippen LogP contribution in [0.4, 0.5) is 4.39 Å². The summed E-state index contributed by atoms with van der Waals surface area (Å²) in [7, 11) is 1.90. The Bertz CT molecular complexity index is 619. The van der Waals surface area contributed by atoms with Gasteiger partial charge in [-0.25, -0.2) is 4.39 Å². The quantitative estimate of drug-likeness (QED) is 0.537. The molecule has 1 N–H and O–H groups in total. The van der Waals surface area contributed by atoms with Gasteiger partial charge in [-0.15, -0.1) is 0 Å². The van der Waals surface area contributed by atoms with Gasteiger partial charge in [0.1, 0.15) is 5.82 Å². The Morgan fingerprint density at radius 1 is 1.15 bits per heavy atom. The van der Waals surface area contributed by atoms with Crippen LogP contribution in [0.5, 0.6) is 0 Å². The Morgan fingerprint density at radius 2 is 1.80 bits per heavy atom. The predicted molar refractivity (Wildman–Crippen MR) is 96.5 cm³/mol. The number of benzene rings is 2. The van der Waals surface area contributed by atoms with Crippen LogP contribution in [-0.2, 0) is 6.42 Å². The van der Waals surface area contributed by atoms with Crippen LogP contribution >= 0.6 is 54.5 Å². The van der Waals surface area contributed by atoms with E-state index in [9.17, 15) is 4.39 Å². The predicted octanol–water partition coefficient (Wildman–Crippen LogP) is 5.46. The molecule has 20 heavy (non-hydrogen) atoms. The summed E-state index contributed by atoms with van der Waals surface area (Å²) >= 11 is 9.20. The highest BCUT2D eigenvalue weighted by Crippen LogP contribution is 2.28. The van der Waals surface area contributed by atoms with Gasteiger partial charge in [-0.05, 0) is 83.6 Å². The Labute approximate surface area is 148 Å². The normalized spacial score (nSPS) is 12.4. The molecule has 0 aliphatic carbocycles. The number of hydrogen-bond donors (Lipinski definition) is 1. The van der Waals surface area contributed by atoms with Crippen LogP contribution in [0, 0.1) is 9.39 Å². The van der Waals surface area contributed by atoms with E-state index in [4.69, 9.17) is 0 Å². The average molecular weight is 513 g/mol. The van der Waals surface area contributed by atoms with Crippen molar-refractivity contribution in [3.05, 3.63) is 65.9 Å². The molecule has 1 atom stereocenters. The fourth-order valence-electron chi connectivity index (χ4n) is 2.07. The van der Waals surface area contributed by atoms with E-state index in [1.165, 1.54) is 15.2 Å². The number of rotatable bonds is 4. The lowest BCUT2D eigenvalue weighted by Crippen LogP contribution is -2.20. The molecule has 2 rings (SSSR count). The van der Waals surface area contributed by atoms with Crippen LogP contribution in [0.1, 0.15) is 17.2 Å². The molecule has 0 aliphatic rings. The maximum absolute atomic E-state index is 13.9. The minimum Gasteiger partial charge on any atom is -0.313 e. The van der Waals surface area contributed by atoms with Crippen molar-refractivity contribution in [1.82, 2.24) is 5.32 Å². The molecule has 0 saturated heterocycles. The van der Waals surface area contributed by atoms with Crippen LogP contribution in [0.15, 0.2) is 45.3 Å². The monoisotopic (exact) mass is 511 g/mol. The second-order valence-corrected chi connectivity index (χ2v) is 7.44. The van der Waals surface area contributed by atoms with Gasteiger partial charge in [-0.3, -0.25) is 0 Å². The van der Waals surface area contributed by atoms with Gasteiger partial charge in [-0.1, -0.05) is 31.9 Å². The van der Waals surface area contributed by atoms with Crippen molar-refractivity contribution in [3.63, 3.8) is 0 Å². The van der Waals surface area contributed by atoms with Crippen LogP contribution in [0.3, 0.4) is 0 Å². The SMILES string of the molecule is CNC(Cc1cc(Br)ccc1F)c1cc(Br)ccc1I. The van der Waals surface area contributed by atoms with E-state index in [-0.39, 0.29) is 11.9 Å². The second kappa shape index (κ2) is 7.33. The third-order valence-corrected chi connectivity index (χ3v) is 5.08. The Kier molecular flexibility index (Phi) is 6.01. The Balaban J connectivity index is 2.33. The molecule has 5 heteroatoms. The van der Waals surface area contributed by atoms with Gasteiger partial charge in [0, 0.05) is 18.6 Å². The molecule has 0 spiro atoms. The number of halogens is 4. The van der Waals surface area contributed by atoms with Crippen molar-refractivity contribution in [3.8, 4) is 0 Å². The van der Waals surface area contributed by atoms with Crippen molar-refractivity contribution in [2.75, 3.05) is 7.05 Å². The van der Waals surface area contributed by atoms with Crippen molar-refractivity contribution in [2.45, 2.75) is 12.5 Å². The minimum atomic E-state index is -0.168. The fourth-order valence-corrected chi connectivity index (χ4v) is 3.57. The summed E-state index contributed by atoms with van der Waals surface area (Å²) in [4.78, 5) is 0. The Morgan fingerprint density at radius 3 is 2.50 bits per heavy atom. The topological polar surface area (TPSA) is 12.0 Å². The number of likely N-dealkylation sites (N-methyl/N-ethyl adjacent to an activating group) is 1. The molecule has 0 amide bonds. The first-order chi connectivity index (χ1) is 9.51. The molecule has 0 heterocycles. The molecule has 0 saturated carbocycles. The molecule has 0 fully saturated rings. The first kappa shape index (κ1) is 16.4. The van der Waals surface area contributed by atoms with Gasteiger partial charge >= 0.3 is 0 Å². The van der Waals surface area contributed by atoms with Gasteiger partial charge in [0.15, 0.2) is 0 Å². The van der Waals surface area contributed by atoms with Gasteiger partial charge in [-0.2, -0.15) is 0 Å². The maximum atomic E-state index is 13.9. The van der Waals surface area contributed by atoms with E-state index < -0.39 is 0 Å². The molecule has 1 unspecified atom stereocenters. The highest BCUT2D eigenvalue weighted by Gasteiger charge is 2.16. The smallest absolute Gasteiger partial charge is 0.126 e. The summed E-state index contributed by atoms with van der Waals surface area (Å²) in [6, 6.07) is 11.3. The summed E-state index contributed by atoms with van der Waals surface area (Å²) in [5.41, 5.74) is 1.87. The van der Waals surface area contributed by atoms with E-state index in [2.05, 4.69) is 71.9 Å². The van der Waals surface area contributed by atoms with E-state index in [1.54, 1.807) is 6.07 Å². The van der Waals surface area contributed by atoms with Gasteiger partial charge < -0.3 is 5.32 Å². The Hall–Kier alpha value is 0.0200. The summed E-state index contributed by atoms with van der Waals surface area (Å²) in [5.74, 6) is -0.168. The number of hydrogen-bond acceptors (Lipinski definition) is 1. The molecule has 0 bridgehead atoms. The molecule has 0 aromatic heterocycles. The lowest BCUT2D eigenvalue weighted by Gasteiger charge is -2.19. The van der Waals surface area contributed by atoms with Crippen LogP contribution in [-0.4, -0.2) is 7.05 Å². The van der Waals surface area contributed by atoms with Crippen LogP contribution in [0.2, 0.25) is 0 Å². The molecular weight excluding hydrogens is 500 g/mol. The van der Waals surface area contributed by atoms with Crippen molar-refractivity contribution >= 4 is 54.5 Å². The summed E-state index contributed by atoms with van der Waals surface area (Å²) in [5, 5.41) is 3.27. The average Bonchev–Trinajstić information content (AvgIpc) is 2.42. The number of nitrogens with one attached hydrogen (secondary N) is 1. The van der Waals surface area contributed by atoms with Crippen LogP contribution < -0.4 is 5.32 Å². The molecule has 106 valence electrons. The third-order valence-electron chi connectivity index (χ3n) is 3.11. The molecule has 0 radical (unpaired) electrons.